The zero-order chi connectivity index (χ0) is 16.8. The van der Waals surface area contributed by atoms with Crippen LogP contribution in [0.2, 0.25) is 0 Å². The predicted molar refractivity (Wildman–Crippen MR) is 99.3 cm³/mol. The number of aliphatic imine (C=N–C) groups is 1. The highest BCUT2D eigenvalue weighted by Gasteiger charge is 2.11. The van der Waals surface area contributed by atoms with Crippen LogP contribution in [0.1, 0.15) is 30.9 Å². The van der Waals surface area contributed by atoms with E-state index in [2.05, 4.69) is 59.7 Å². The zero-order valence-electron chi connectivity index (χ0n) is 14.2. The summed E-state index contributed by atoms with van der Waals surface area (Å²) in [5.41, 5.74) is 10.7. The predicted octanol–water partition coefficient (Wildman–Crippen LogP) is 3.49. The molecule has 0 radical (unpaired) electrons. The van der Waals surface area contributed by atoms with Crippen molar-refractivity contribution in [3.8, 4) is 16.9 Å². The number of guanidine groups is 1. The fourth-order valence-electron chi connectivity index (χ4n) is 2.83. The van der Waals surface area contributed by atoms with E-state index in [0.29, 0.717) is 12.5 Å². The van der Waals surface area contributed by atoms with Gasteiger partial charge in [-0.05, 0) is 53.6 Å². The molecule has 0 unspecified atom stereocenters. The van der Waals surface area contributed by atoms with Crippen molar-refractivity contribution in [2.24, 2.45) is 10.7 Å². The van der Waals surface area contributed by atoms with E-state index >= 15 is 0 Å². The first kappa shape index (κ1) is 16.4. The number of hydrogen-bond acceptors (Lipinski definition) is 2. The smallest absolute Gasteiger partial charge is 0.188 e. The average molecular weight is 323 g/mol. The summed E-state index contributed by atoms with van der Waals surface area (Å²) in [5.74, 6) is 1.54. The van der Waals surface area contributed by atoms with Gasteiger partial charge in [0, 0.05) is 6.54 Å². The van der Waals surface area contributed by atoms with Crippen LogP contribution in [0.3, 0.4) is 0 Å². The maximum Gasteiger partial charge on any atom is 0.188 e. The van der Waals surface area contributed by atoms with Gasteiger partial charge in [-0.1, -0.05) is 37.3 Å². The van der Waals surface area contributed by atoms with Gasteiger partial charge in [0.05, 0.1) is 13.2 Å². The molecule has 3 rings (SSSR count). The van der Waals surface area contributed by atoms with Gasteiger partial charge in [-0.25, -0.2) is 4.99 Å². The van der Waals surface area contributed by atoms with Crippen LogP contribution < -0.4 is 15.8 Å². The largest absolute Gasteiger partial charge is 0.493 e. The molecule has 3 N–H and O–H groups in total. The van der Waals surface area contributed by atoms with E-state index in [1.807, 2.05) is 0 Å². The Hall–Kier alpha value is -2.49. The fourth-order valence-corrected chi connectivity index (χ4v) is 2.83. The summed E-state index contributed by atoms with van der Waals surface area (Å²) >= 11 is 0. The molecule has 1 aliphatic rings. The molecule has 4 heteroatoms. The van der Waals surface area contributed by atoms with Crippen LogP contribution in [0.5, 0.6) is 5.75 Å². The molecule has 24 heavy (non-hydrogen) atoms. The number of benzene rings is 2. The Kier molecular flexibility index (Phi) is 5.36. The Balaban J connectivity index is 1.68. The molecule has 0 aliphatic carbocycles. The van der Waals surface area contributed by atoms with Crippen molar-refractivity contribution in [3.05, 3.63) is 53.6 Å². The molecule has 0 atom stereocenters. The van der Waals surface area contributed by atoms with Crippen molar-refractivity contribution in [1.29, 1.82) is 0 Å². The molecular weight excluding hydrogens is 298 g/mol. The van der Waals surface area contributed by atoms with E-state index in [0.717, 1.165) is 43.7 Å². The summed E-state index contributed by atoms with van der Waals surface area (Å²) in [4.78, 5) is 4.36. The van der Waals surface area contributed by atoms with Crippen LogP contribution in [0.25, 0.3) is 11.1 Å². The van der Waals surface area contributed by atoms with Gasteiger partial charge in [-0.3, -0.25) is 0 Å². The van der Waals surface area contributed by atoms with E-state index < -0.39 is 0 Å². The van der Waals surface area contributed by atoms with Gasteiger partial charge in [0.2, 0.25) is 0 Å². The molecule has 0 bridgehead atoms. The molecule has 126 valence electrons. The lowest BCUT2D eigenvalue weighted by molar-refractivity contribution is 0.288. The van der Waals surface area contributed by atoms with E-state index in [1.54, 1.807) is 0 Å². The lowest BCUT2D eigenvalue weighted by Crippen LogP contribution is -2.32. The van der Waals surface area contributed by atoms with Gasteiger partial charge in [0.15, 0.2) is 5.96 Å². The second-order valence-corrected chi connectivity index (χ2v) is 6.10. The van der Waals surface area contributed by atoms with Crippen LogP contribution in [0.4, 0.5) is 0 Å². The number of hydrogen-bond donors (Lipinski definition) is 2. The first-order chi connectivity index (χ1) is 11.8. The maximum absolute atomic E-state index is 5.82. The van der Waals surface area contributed by atoms with Crippen LogP contribution in [0, 0.1) is 0 Å². The number of aryl methyl sites for hydroxylation is 1. The van der Waals surface area contributed by atoms with Crippen LogP contribution >= 0.6 is 0 Å². The molecule has 2 aromatic rings. The zero-order valence-corrected chi connectivity index (χ0v) is 14.2. The van der Waals surface area contributed by atoms with E-state index in [-0.39, 0.29) is 0 Å². The molecular formula is C20H25N3O. The summed E-state index contributed by atoms with van der Waals surface area (Å²) < 4.78 is 5.68. The highest BCUT2D eigenvalue weighted by Crippen LogP contribution is 2.30. The second-order valence-electron chi connectivity index (χ2n) is 6.10. The Morgan fingerprint density at radius 2 is 1.96 bits per heavy atom. The minimum Gasteiger partial charge on any atom is -0.493 e. The highest BCUT2D eigenvalue weighted by molar-refractivity contribution is 5.77. The maximum atomic E-state index is 5.82. The number of nitrogens with two attached hydrogens (primary N) is 1. The quantitative estimate of drug-likeness (QED) is 0.654. The van der Waals surface area contributed by atoms with Gasteiger partial charge >= 0.3 is 0 Å². The van der Waals surface area contributed by atoms with E-state index in [9.17, 15) is 0 Å². The van der Waals surface area contributed by atoms with Crippen molar-refractivity contribution >= 4 is 5.96 Å². The number of rotatable bonds is 5. The molecule has 0 amide bonds. The van der Waals surface area contributed by atoms with Gasteiger partial charge < -0.3 is 15.8 Å². The standard InChI is InChI=1S/C20H25N3O/c1-2-11-22-20(21)23-14-15-5-7-16(8-6-15)17-9-10-19-18(13-17)4-3-12-24-19/h5-10,13H,2-4,11-12,14H2,1H3,(H3,21,22,23). The van der Waals surface area contributed by atoms with Crippen molar-refractivity contribution < 1.29 is 4.74 Å². The lowest BCUT2D eigenvalue weighted by atomic mass is 9.98. The normalized spacial score (nSPS) is 14.0. The molecule has 0 saturated carbocycles. The van der Waals surface area contributed by atoms with Crippen molar-refractivity contribution in [3.63, 3.8) is 0 Å². The van der Waals surface area contributed by atoms with E-state index in [1.165, 1.54) is 16.7 Å². The highest BCUT2D eigenvalue weighted by atomic mass is 16.5. The van der Waals surface area contributed by atoms with Gasteiger partial charge in [0.1, 0.15) is 5.75 Å². The molecule has 0 spiro atoms. The summed E-state index contributed by atoms with van der Waals surface area (Å²) in [6, 6.07) is 15.0. The van der Waals surface area contributed by atoms with Gasteiger partial charge in [0.25, 0.3) is 0 Å². The van der Waals surface area contributed by atoms with Crippen LogP contribution in [-0.2, 0) is 13.0 Å². The number of nitrogens with zero attached hydrogens (tertiary/aromatic N) is 1. The lowest BCUT2D eigenvalue weighted by Gasteiger charge is -2.18. The molecule has 1 aliphatic heterocycles. The second kappa shape index (κ2) is 7.86. The van der Waals surface area contributed by atoms with Crippen molar-refractivity contribution in [2.45, 2.75) is 32.7 Å². The molecule has 0 fully saturated rings. The Morgan fingerprint density at radius 3 is 2.75 bits per heavy atom. The summed E-state index contributed by atoms with van der Waals surface area (Å²) in [6.45, 7) is 4.39. The average Bonchev–Trinajstić information content (AvgIpc) is 2.64. The van der Waals surface area contributed by atoms with Crippen molar-refractivity contribution in [1.82, 2.24) is 5.32 Å². The van der Waals surface area contributed by atoms with Crippen LogP contribution in [-0.4, -0.2) is 19.1 Å². The minimum absolute atomic E-state index is 0.510. The molecule has 4 nitrogen and oxygen atoms in total. The topological polar surface area (TPSA) is 59.6 Å². The van der Waals surface area contributed by atoms with Gasteiger partial charge in [-0.2, -0.15) is 0 Å². The third-order valence-corrected chi connectivity index (χ3v) is 4.18. The van der Waals surface area contributed by atoms with E-state index in [4.69, 9.17) is 10.5 Å². The first-order valence-electron chi connectivity index (χ1n) is 8.65. The third-order valence-electron chi connectivity index (χ3n) is 4.18. The molecule has 2 aromatic carbocycles. The summed E-state index contributed by atoms with van der Waals surface area (Å²) in [6.07, 6.45) is 3.23. The molecule has 1 heterocycles. The Morgan fingerprint density at radius 1 is 1.17 bits per heavy atom. The van der Waals surface area contributed by atoms with Gasteiger partial charge in [-0.15, -0.1) is 0 Å². The minimum atomic E-state index is 0.510. The van der Waals surface area contributed by atoms with Crippen molar-refractivity contribution in [2.75, 3.05) is 13.2 Å². The number of nitrogens with one attached hydrogen (secondary N) is 1. The number of ether oxygens (including phenoxy) is 1. The Bertz CT molecular complexity index is 707. The summed E-state index contributed by atoms with van der Waals surface area (Å²) in [5, 5.41) is 3.08. The third kappa shape index (κ3) is 4.07. The number of fused-ring (bicyclic) bond motifs is 1. The first-order valence-corrected chi connectivity index (χ1v) is 8.65. The Labute approximate surface area is 143 Å². The fraction of sp³-hybridized carbons (Fsp3) is 0.350. The monoisotopic (exact) mass is 323 g/mol. The molecule has 0 saturated heterocycles. The van der Waals surface area contributed by atoms with Crippen LogP contribution in [0.15, 0.2) is 47.5 Å². The SMILES string of the molecule is CCCNC(N)=NCc1ccc(-c2ccc3c(c2)CCCO3)cc1. The summed E-state index contributed by atoms with van der Waals surface area (Å²) in [7, 11) is 0. The molecule has 0 aromatic heterocycles.